The second kappa shape index (κ2) is 4.62. The van der Waals surface area contributed by atoms with Gasteiger partial charge in [-0.1, -0.05) is 6.92 Å². The molecule has 0 spiro atoms. The van der Waals surface area contributed by atoms with Crippen LogP contribution in [0.1, 0.15) is 36.7 Å². The molecule has 1 amide bonds. The summed E-state index contributed by atoms with van der Waals surface area (Å²) in [6.07, 6.45) is 5.27. The largest absolute Gasteiger partial charge is 0.345 e. The maximum absolute atomic E-state index is 12.3. The smallest absolute Gasteiger partial charge is 0.270 e. The molecular formula is C12H17BrN2O. The molecule has 1 aromatic rings. The summed E-state index contributed by atoms with van der Waals surface area (Å²) in [6.45, 7) is 2.98. The van der Waals surface area contributed by atoms with Gasteiger partial charge in [-0.2, -0.15) is 0 Å². The number of nitrogens with zero attached hydrogens (tertiary/aromatic N) is 2. The summed E-state index contributed by atoms with van der Waals surface area (Å²) in [5.41, 5.74) is 0.771. The molecule has 0 aliphatic heterocycles. The van der Waals surface area contributed by atoms with Crippen LogP contribution in [0.25, 0.3) is 0 Å². The average molecular weight is 285 g/mol. The highest BCUT2D eigenvalue weighted by Crippen LogP contribution is 2.29. The first-order valence-electron chi connectivity index (χ1n) is 5.76. The molecule has 2 rings (SSSR count). The van der Waals surface area contributed by atoms with Crippen LogP contribution in [0.15, 0.2) is 16.7 Å². The number of carbonyl (C=O) groups is 1. The molecule has 16 heavy (non-hydrogen) atoms. The van der Waals surface area contributed by atoms with E-state index in [9.17, 15) is 4.79 Å². The molecule has 0 saturated heterocycles. The Morgan fingerprint density at radius 2 is 2.31 bits per heavy atom. The standard InChI is InChI=1S/C12H17BrN2O/c1-3-6-15(10-4-5-10)12(16)11-7-9(13)8-14(11)2/h7-8,10H,3-6H2,1-2H3. The van der Waals surface area contributed by atoms with E-state index in [1.807, 2.05) is 28.8 Å². The molecule has 0 atom stereocenters. The second-order valence-electron chi connectivity index (χ2n) is 4.38. The van der Waals surface area contributed by atoms with E-state index in [1.165, 1.54) is 0 Å². The molecule has 1 aliphatic rings. The van der Waals surface area contributed by atoms with Gasteiger partial charge in [0.1, 0.15) is 5.69 Å². The van der Waals surface area contributed by atoms with Crippen LogP contribution in [-0.2, 0) is 7.05 Å². The lowest BCUT2D eigenvalue weighted by Gasteiger charge is -2.21. The van der Waals surface area contributed by atoms with Crippen molar-refractivity contribution in [3.8, 4) is 0 Å². The average Bonchev–Trinajstić information content (AvgIpc) is 3.00. The maximum Gasteiger partial charge on any atom is 0.270 e. The van der Waals surface area contributed by atoms with Crippen molar-refractivity contribution in [2.75, 3.05) is 6.54 Å². The van der Waals surface area contributed by atoms with E-state index in [4.69, 9.17) is 0 Å². The Balaban J connectivity index is 2.18. The van der Waals surface area contributed by atoms with Gasteiger partial charge in [-0.3, -0.25) is 4.79 Å². The van der Waals surface area contributed by atoms with E-state index < -0.39 is 0 Å². The zero-order chi connectivity index (χ0) is 11.7. The summed E-state index contributed by atoms with van der Waals surface area (Å²) in [7, 11) is 1.91. The third-order valence-electron chi connectivity index (χ3n) is 2.90. The SMILES string of the molecule is CCCN(C(=O)c1cc(Br)cn1C)C1CC1. The van der Waals surface area contributed by atoms with Crippen LogP contribution in [0, 0.1) is 0 Å². The van der Waals surface area contributed by atoms with Gasteiger partial charge in [0.15, 0.2) is 0 Å². The van der Waals surface area contributed by atoms with Crippen molar-refractivity contribution in [2.24, 2.45) is 7.05 Å². The highest BCUT2D eigenvalue weighted by atomic mass is 79.9. The lowest BCUT2D eigenvalue weighted by Crippen LogP contribution is -2.34. The van der Waals surface area contributed by atoms with Gasteiger partial charge in [0, 0.05) is 30.3 Å². The molecule has 1 saturated carbocycles. The van der Waals surface area contributed by atoms with Crippen molar-refractivity contribution in [2.45, 2.75) is 32.2 Å². The number of rotatable bonds is 4. The molecule has 0 bridgehead atoms. The van der Waals surface area contributed by atoms with Crippen molar-refractivity contribution in [1.82, 2.24) is 9.47 Å². The Morgan fingerprint density at radius 3 is 2.75 bits per heavy atom. The molecule has 0 unspecified atom stereocenters. The molecule has 0 aromatic carbocycles. The lowest BCUT2D eigenvalue weighted by atomic mass is 10.3. The van der Waals surface area contributed by atoms with Crippen LogP contribution in [0.2, 0.25) is 0 Å². The Morgan fingerprint density at radius 1 is 1.62 bits per heavy atom. The molecule has 4 heteroatoms. The van der Waals surface area contributed by atoms with Crippen LogP contribution >= 0.6 is 15.9 Å². The molecule has 1 fully saturated rings. The van der Waals surface area contributed by atoms with E-state index in [1.54, 1.807) is 0 Å². The first kappa shape index (κ1) is 11.7. The first-order chi connectivity index (χ1) is 7.63. The second-order valence-corrected chi connectivity index (χ2v) is 5.30. The summed E-state index contributed by atoms with van der Waals surface area (Å²) >= 11 is 3.40. The maximum atomic E-state index is 12.3. The Hall–Kier alpha value is -0.770. The molecular weight excluding hydrogens is 268 g/mol. The fourth-order valence-corrected chi connectivity index (χ4v) is 2.48. The molecule has 0 N–H and O–H groups in total. The topological polar surface area (TPSA) is 25.2 Å². The van der Waals surface area contributed by atoms with E-state index in [-0.39, 0.29) is 5.91 Å². The normalized spacial score (nSPS) is 15.2. The summed E-state index contributed by atoms with van der Waals surface area (Å²) in [5.74, 6) is 0.164. The minimum Gasteiger partial charge on any atom is -0.345 e. The van der Waals surface area contributed by atoms with Gasteiger partial charge in [0.05, 0.1) is 0 Å². The van der Waals surface area contributed by atoms with Crippen molar-refractivity contribution < 1.29 is 4.79 Å². The van der Waals surface area contributed by atoms with Crippen molar-refractivity contribution in [1.29, 1.82) is 0 Å². The number of hydrogen-bond acceptors (Lipinski definition) is 1. The predicted molar refractivity (Wildman–Crippen MR) is 67.5 cm³/mol. The zero-order valence-electron chi connectivity index (χ0n) is 9.74. The van der Waals surface area contributed by atoms with Gasteiger partial charge in [0.25, 0.3) is 5.91 Å². The number of aromatic nitrogens is 1. The summed E-state index contributed by atoms with van der Waals surface area (Å²) in [4.78, 5) is 14.4. The fourth-order valence-electron chi connectivity index (χ4n) is 1.96. The van der Waals surface area contributed by atoms with E-state index in [2.05, 4.69) is 22.9 Å². The van der Waals surface area contributed by atoms with Crippen molar-refractivity contribution in [3.05, 3.63) is 22.4 Å². The van der Waals surface area contributed by atoms with Gasteiger partial charge in [-0.15, -0.1) is 0 Å². The van der Waals surface area contributed by atoms with E-state index in [0.29, 0.717) is 6.04 Å². The molecule has 0 radical (unpaired) electrons. The third-order valence-corrected chi connectivity index (χ3v) is 3.34. The molecule has 3 nitrogen and oxygen atoms in total. The summed E-state index contributed by atoms with van der Waals surface area (Å²) < 4.78 is 2.85. The summed E-state index contributed by atoms with van der Waals surface area (Å²) in [5, 5.41) is 0. The van der Waals surface area contributed by atoms with Crippen molar-refractivity contribution in [3.63, 3.8) is 0 Å². The number of halogens is 1. The lowest BCUT2D eigenvalue weighted by molar-refractivity contribution is 0.0733. The van der Waals surface area contributed by atoms with Crippen molar-refractivity contribution >= 4 is 21.8 Å². The fraction of sp³-hybridized carbons (Fsp3) is 0.583. The van der Waals surface area contributed by atoms with Crippen LogP contribution in [0.3, 0.4) is 0 Å². The first-order valence-corrected chi connectivity index (χ1v) is 6.55. The minimum atomic E-state index is 0.164. The monoisotopic (exact) mass is 284 g/mol. The summed E-state index contributed by atoms with van der Waals surface area (Å²) in [6, 6.07) is 2.38. The number of hydrogen-bond donors (Lipinski definition) is 0. The molecule has 88 valence electrons. The highest BCUT2D eigenvalue weighted by molar-refractivity contribution is 9.10. The number of carbonyl (C=O) groups excluding carboxylic acids is 1. The Bertz CT molecular complexity index is 396. The van der Waals surface area contributed by atoms with Crippen LogP contribution in [0.4, 0.5) is 0 Å². The van der Waals surface area contributed by atoms with Crippen LogP contribution in [-0.4, -0.2) is 28.0 Å². The van der Waals surface area contributed by atoms with Crippen LogP contribution < -0.4 is 0 Å². The quantitative estimate of drug-likeness (QED) is 0.835. The van der Waals surface area contributed by atoms with Gasteiger partial charge in [0.2, 0.25) is 0 Å². The van der Waals surface area contributed by atoms with E-state index in [0.717, 1.165) is 36.0 Å². The van der Waals surface area contributed by atoms with Gasteiger partial charge < -0.3 is 9.47 Å². The molecule has 1 heterocycles. The van der Waals surface area contributed by atoms with E-state index >= 15 is 0 Å². The predicted octanol–water partition coefficient (Wildman–Crippen LogP) is 2.80. The number of amides is 1. The van der Waals surface area contributed by atoms with Gasteiger partial charge in [-0.25, -0.2) is 0 Å². The van der Waals surface area contributed by atoms with Gasteiger partial charge in [-0.05, 0) is 41.3 Å². The Labute approximate surface area is 105 Å². The molecule has 1 aliphatic carbocycles. The zero-order valence-corrected chi connectivity index (χ0v) is 11.3. The highest BCUT2D eigenvalue weighted by Gasteiger charge is 2.33. The van der Waals surface area contributed by atoms with Gasteiger partial charge >= 0.3 is 0 Å². The minimum absolute atomic E-state index is 0.164. The van der Waals surface area contributed by atoms with Crippen LogP contribution in [0.5, 0.6) is 0 Å². The Kier molecular flexibility index (Phi) is 3.38. The number of aryl methyl sites for hydroxylation is 1. The molecule has 1 aromatic heterocycles. The third kappa shape index (κ3) is 2.32.